The molecule has 0 saturated heterocycles. The first-order valence-corrected chi connectivity index (χ1v) is 9.59. The number of anilines is 1. The third-order valence-corrected chi connectivity index (χ3v) is 4.73. The summed E-state index contributed by atoms with van der Waals surface area (Å²) in [4.78, 5) is 7.93. The molecule has 0 aliphatic heterocycles. The molecule has 1 heterocycles. The fourth-order valence-corrected chi connectivity index (χ4v) is 3.41. The number of likely N-dealkylation sites (N-methyl/N-ethyl adjacent to an activating group) is 1. The lowest BCUT2D eigenvalue weighted by molar-refractivity contribution is 0.311. The van der Waals surface area contributed by atoms with Crippen molar-refractivity contribution in [3.05, 3.63) is 40.6 Å². The maximum Gasteiger partial charge on any atom is 0.193 e. The maximum atomic E-state index is 6.12. The van der Waals surface area contributed by atoms with E-state index in [1.807, 2.05) is 46.1 Å². The largest absolute Gasteiger partial charge is 0.494 e. The Morgan fingerprint density at radius 2 is 1.96 bits per heavy atom. The molecular weight excluding hydrogens is 475 g/mol. The number of thiophene rings is 1. The highest BCUT2D eigenvalue weighted by Gasteiger charge is 2.15. The Balaban J connectivity index is 0.00000364. The van der Waals surface area contributed by atoms with Gasteiger partial charge in [-0.2, -0.15) is 0 Å². The predicted octanol–water partition coefficient (Wildman–Crippen LogP) is 4.19. The third kappa shape index (κ3) is 7.19. The van der Waals surface area contributed by atoms with Crippen molar-refractivity contribution in [3.8, 4) is 11.5 Å². The van der Waals surface area contributed by atoms with Gasteiger partial charge in [-0.1, -0.05) is 6.07 Å². The molecule has 3 N–H and O–H groups in total. The number of hydrogen-bond acceptors (Lipinski definition) is 5. The fourth-order valence-electron chi connectivity index (χ4n) is 2.50. The van der Waals surface area contributed by atoms with Gasteiger partial charge >= 0.3 is 0 Å². The molecule has 1 aromatic carbocycles. The predicted molar refractivity (Wildman–Crippen MR) is 125 cm³/mol. The minimum atomic E-state index is 0. The Morgan fingerprint density at radius 3 is 2.56 bits per heavy atom. The van der Waals surface area contributed by atoms with E-state index in [1.165, 1.54) is 4.88 Å². The van der Waals surface area contributed by atoms with Gasteiger partial charge in [-0.05, 0) is 51.5 Å². The highest BCUT2D eigenvalue weighted by Crippen LogP contribution is 2.29. The Hall–Kier alpha value is -1.52. The van der Waals surface area contributed by atoms with Crippen molar-refractivity contribution < 1.29 is 9.47 Å². The number of benzene rings is 1. The molecular formula is C19H29IN4O2S. The van der Waals surface area contributed by atoms with E-state index in [-0.39, 0.29) is 30.0 Å². The molecule has 150 valence electrons. The monoisotopic (exact) mass is 504 g/mol. The van der Waals surface area contributed by atoms with Crippen LogP contribution < -0.4 is 20.5 Å². The Bertz CT molecular complexity index is 708. The lowest BCUT2D eigenvalue weighted by atomic mass is 10.2. The summed E-state index contributed by atoms with van der Waals surface area (Å²) >= 11 is 1.72. The Morgan fingerprint density at radius 1 is 1.22 bits per heavy atom. The maximum absolute atomic E-state index is 6.12. The van der Waals surface area contributed by atoms with Gasteiger partial charge in [0.05, 0.1) is 31.5 Å². The van der Waals surface area contributed by atoms with Gasteiger partial charge in [-0.15, -0.1) is 35.3 Å². The lowest BCUT2D eigenvalue weighted by Gasteiger charge is -2.21. The summed E-state index contributed by atoms with van der Waals surface area (Å²) in [6, 6.07) is 9.99. The molecule has 0 radical (unpaired) electrons. The molecule has 0 aliphatic rings. The summed E-state index contributed by atoms with van der Waals surface area (Å²) in [5.41, 5.74) is 6.87. The van der Waals surface area contributed by atoms with Crippen LogP contribution in [-0.2, 0) is 0 Å². The highest BCUT2D eigenvalue weighted by atomic mass is 127. The minimum Gasteiger partial charge on any atom is -0.494 e. The second kappa shape index (κ2) is 12.0. The van der Waals surface area contributed by atoms with E-state index in [2.05, 4.69) is 32.7 Å². The van der Waals surface area contributed by atoms with Gasteiger partial charge in [0.15, 0.2) is 5.96 Å². The molecule has 0 fully saturated rings. The van der Waals surface area contributed by atoms with Crippen LogP contribution in [0, 0.1) is 0 Å². The van der Waals surface area contributed by atoms with Crippen LogP contribution >= 0.6 is 35.3 Å². The second-order valence-corrected chi connectivity index (χ2v) is 6.85. The van der Waals surface area contributed by atoms with Gasteiger partial charge in [0, 0.05) is 10.9 Å². The number of aliphatic imine (C=N–C) groups is 1. The Labute approximate surface area is 182 Å². The molecule has 0 amide bonds. The molecule has 2 rings (SSSR count). The zero-order chi connectivity index (χ0) is 18.9. The molecule has 1 unspecified atom stereocenters. The Kier molecular flexibility index (Phi) is 10.5. The van der Waals surface area contributed by atoms with Crippen LogP contribution in [0.2, 0.25) is 0 Å². The van der Waals surface area contributed by atoms with Crippen LogP contribution in [0.15, 0.2) is 40.7 Å². The number of nitrogens with one attached hydrogen (secondary N) is 1. The van der Waals surface area contributed by atoms with E-state index in [0.717, 1.165) is 17.2 Å². The van der Waals surface area contributed by atoms with E-state index in [1.54, 1.807) is 11.3 Å². The minimum absolute atomic E-state index is 0. The number of halogens is 1. The quantitative estimate of drug-likeness (QED) is 0.305. The second-order valence-electron chi connectivity index (χ2n) is 5.87. The zero-order valence-electron chi connectivity index (χ0n) is 16.3. The molecule has 27 heavy (non-hydrogen) atoms. The van der Waals surface area contributed by atoms with Crippen molar-refractivity contribution >= 4 is 47.0 Å². The standard InChI is InChI=1S/C19H28N4O2S.HI/c1-5-24-14-9-10-17(25-6-2)15(12-14)22-19(20)21-13-16(23(3)4)18-8-7-11-26-18;/h7-12,16H,5-6,13H2,1-4H3,(H3,20,21,22);1H. The number of guanidine groups is 1. The first kappa shape index (κ1) is 23.5. The fraction of sp³-hybridized carbons (Fsp3) is 0.421. The van der Waals surface area contributed by atoms with Crippen LogP contribution in [0.25, 0.3) is 0 Å². The van der Waals surface area contributed by atoms with Crippen LogP contribution in [0.1, 0.15) is 24.8 Å². The molecule has 2 aromatic rings. The van der Waals surface area contributed by atoms with Crippen LogP contribution in [0.4, 0.5) is 5.69 Å². The number of hydrogen-bond donors (Lipinski definition) is 2. The summed E-state index contributed by atoms with van der Waals surface area (Å²) in [6.07, 6.45) is 0. The first-order chi connectivity index (χ1) is 12.5. The van der Waals surface area contributed by atoms with Crippen molar-refractivity contribution in [1.29, 1.82) is 0 Å². The lowest BCUT2D eigenvalue weighted by Crippen LogP contribution is -2.27. The summed E-state index contributed by atoms with van der Waals surface area (Å²) in [5.74, 6) is 1.83. The van der Waals surface area contributed by atoms with Crippen molar-refractivity contribution in [2.45, 2.75) is 19.9 Å². The number of ether oxygens (including phenoxy) is 2. The summed E-state index contributed by atoms with van der Waals surface area (Å²) in [7, 11) is 4.09. The topological polar surface area (TPSA) is 72.1 Å². The van der Waals surface area contributed by atoms with Crippen LogP contribution in [0.3, 0.4) is 0 Å². The number of nitrogens with two attached hydrogens (primary N) is 1. The molecule has 1 aromatic heterocycles. The molecule has 0 spiro atoms. The third-order valence-electron chi connectivity index (χ3n) is 3.75. The van der Waals surface area contributed by atoms with Gasteiger partial charge in [-0.3, -0.25) is 4.99 Å². The van der Waals surface area contributed by atoms with Crippen molar-refractivity contribution in [2.24, 2.45) is 10.7 Å². The van der Waals surface area contributed by atoms with Crippen LogP contribution in [0.5, 0.6) is 11.5 Å². The van der Waals surface area contributed by atoms with Crippen molar-refractivity contribution in [2.75, 3.05) is 39.2 Å². The smallest absolute Gasteiger partial charge is 0.193 e. The molecule has 8 heteroatoms. The molecule has 0 aliphatic carbocycles. The average Bonchev–Trinajstić information content (AvgIpc) is 3.12. The molecule has 0 saturated carbocycles. The normalized spacial score (nSPS) is 12.4. The van der Waals surface area contributed by atoms with Crippen molar-refractivity contribution in [3.63, 3.8) is 0 Å². The van der Waals surface area contributed by atoms with E-state index >= 15 is 0 Å². The average molecular weight is 504 g/mol. The number of rotatable bonds is 9. The summed E-state index contributed by atoms with van der Waals surface area (Å²) in [5, 5.41) is 5.22. The van der Waals surface area contributed by atoms with Gasteiger partial charge in [0.25, 0.3) is 0 Å². The van der Waals surface area contributed by atoms with E-state index in [0.29, 0.717) is 25.7 Å². The number of nitrogens with zero attached hydrogens (tertiary/aromatic N) is 2. The van der Waals surface area contributed by atoms with E-state index in [4.69, 9.17) is 15.2 Å². The van der Waals surface area contributed by atoms with Crippen LogP contribution in [-0.4, -0.2) is 44.7 Å². The van der Waals surface area contributed by atoms with Gasteiger partial charge < -0.3 is 25.4 Å². The SMILES string of the molecule is CCOc1ccc(OCC)c(NC(N)=NCC(c2cccs2)N(C)C)c1.I. The van der Waals surface area contributed by atoms with Crippen molar-refractivity contribution in [1.82, 2.24) is 4.90 Å². The van der Waals surface area contributed by atoms with E-state index in [9.17, 15) is 0 Å². The van der Waals surface area contributed by atoms with E-state index < -0.39 is 0 Å². The van der Waals surface area contributed by atoms with Gasteiger partial charge in [0.2, 0.25) is 0 Å². The molecule has 6 nitrogen and oxygen atoms in total. The summed E-state index contributed by atoms with van der Waals surface area (Å²) in [6.45, 7) is 5.64. The zero-order valence-corrected chi connectivity index (χ0v) is 19.4. The van der Waals surface area contributed by atoms with Gasteiger partial charge in [0.1, 0.15) is 11.5 Å². The highest BCUT2D eigenvalue weighted by molar-refractivity contribution is 14.0. The molecule has 1 atom stereocenters. The summed E-state index contributed by atoms with van der Waals surface area (Å²) < 4.78 is 11.2. The molecule has 0 bridgehead atoms. The first-order valence-electron chi connectivity index (χ1n) is 8.71. The van der Waals surface area contributed by atoms with Gasteiger partial charge in [-0.25, -0.2) is 0 Å².